The van der Waals surface area contributed by atoms with E-state index in [2.05, 4.69) is 25.7 Å². The molecular weight excluding hydrogens is 561 g/mol. The third kappa shape index (κ3) is 7.00. The zero-order chi connectivity index (χ0) is 30.1. The summed E-state index contributed by atoms with van der Waals surface area (Å²) in [7, 11) is 0. The molecule has 3 aromatic rings. The van der Waals surface area contributed by atoms with Gasteiger partial charge in [0, 0.05) is 31.7 Å². The number of nitriles is 1. The van der Waals surface area contributed by atoms with Gasteiger partial charge in [-0.1, -0.05) is 0 Å². The molecule has 2 fully saturated rings. The van der Waals surface area contributed by atoms with Gasteiger partial charge in [0.15, 0.2) is 5.65 Å². The summed E-state index contributed by atoms with van der Waals surface area (Å²) in [6.07, 6.45) is 0.596. The Hall–Kier alpha value is -4.15. The van der Waals surface area contributed by atoms with Crippen molar-refractivity contribution in [3.8, 4) is 6.07 Å². The first-order chi connectivity index (χ1) is 19.9. The Balaban J connectivity index is 1.41. The molecule has 222 valence electrons. The van der Waals surface area contributed by atoms with Crippen LogP contribution in [0.15, 0.2) is 36.9 Å². The average Bonchev–Trinajstić information content (AvgIpc) is 3.71. The lowest BCUT2D eigenvalue weighted by Gasteiger charge is -2.33. The van der Waals surface area contributed by atoms with Crippen molar-refractivity contribution in [1.82, 2.24) is 30.2 Å². The van der Waals surface area contributed by atoms with Gasteiger partial charge in [-0.15, -0.1) is 0 Å². The van der Waals surface area contributed by atoms with Crippen LogP contribution in [0.3, 0.4) is 0 Å². The van der Waals surface area contributed by atoms with Crippen molar-refractivity contribution in [3.63, 3.8) is 0 Å². The number of aromatic nitrogens is 4. The first-order valence-corrected chi connectivity index (χ1v) is 13.7. The molecule has 2 saturated carbocycles. The van der Waals surface area contributed by atoms with Crippen molar-refractivity contribution in [3.05, 3.63) is 59.3 Å². The van der Waals surface area contributed by atoms with Gasteiger partial charge in [-0.3, -0.25) is 14.6 Å². The predicted molar refractivity (Wildman–Crippen MR) is 138 cm³/mol. The topological polar surface area (TPSA) is 125 Å². The second-order valence-electron chi connectivity index (χ2n) is 10.9. The lowest BCUT2D eigenvalue weighted by molar-refractivity contribution is -0.144. The van der Waals surface area contributed by atoms with E-state index in [0.717, 1.165) is 12.8 Å². The maximum atomic E-state index is 14.0. The molecule has 0 radical (unpaired) electrons. The summed E-state index contributed by atoms with van der Waals surface area (Å²) in [5, 5.41) is 19.4. The van der Waals surface area contributed by atoms with Crippen molar-refractivity contribution in [2.45, 2.75) is 75.5 Å². The number of halogens is 5. The van der Waals surface area contributed by atoms with Gasteiger partial charge in [-0.25, -0.2) is 18.3 Å². The van der Waals surface area contributed by atoms with E-state index in [1.54, 1.807) is 12.3 Å². The average molecular weight is 590 g/mol. The minimum Gasteiger partial charge on any atom is -0.349 e. The Morgan fingerprint density at radius 1 is 1.10 bits per heavy atom. The van der Waals surface area contributed by atoms with Gasteiger partial charge in [0.25, 0.3) is 5.91 Å². The van der Waals surface area contributed by atoms with Gasteiger partial charge in [-0.05, 0) is 55.2 Å². The highest BCUT2D eigenvalue weighted by Gasteiger charge is 2.40. The van der Waals surface area contributed by atoms with Gasteiger partial charge < -0.3 is 10.6 Å². The monoisotopic (exact) mass is 589 g/mol. The molecule has 2 N–H and O–H groups in total. The summed E-state index contributed by atoms with van der Waals surface area (Å²) < 4.78 is 67.2. The van der Waals surface area contributed by atoms with Crippen LogP contribution in [0.25, 0.3) is 5.65 Å². The number of nitrogens with one attached hydrogen (secondary N) is 2. The summed E-state index contributed by atoms with van der Waals surface area (Å²) in [6, 6.07) is 3.72. The van der Waals surface area contributed by atoms with Crippen molar-refractivity contribution >= 4 is 17.5 Å². The number of rotatable bonds is 9. The normalized spacial score (nSPS) is 18.7. The van der Waals surface area contributed by atoms with Crippen LogP contribution in [-0.4, -0.2) is 43.5 Å². The van der Waals surface area contributed by atoms with Crippen LogP contribution in [0.4, 0.5) is 22.0 Å². The molecular formula is C28H28F5N7O2. The molecule has 0 saturated heterocycles. The fourth-order valence-corrected chi connectivity index (χ4v) is 5.35. The van der Waals surface area contributed by atoms with Gasteiger partial charge in [0.2, 0.25) is 11.8 Å². The Labute approximate surface area is 237 Å². The molecule has 3 aromatic heterocycles. The van der Waals surface area contributed by atoms with Crippen LogP contribution in [-0.2, 0) is 4.79 Å². The second-order valence-corrected chi connectivity index (χ2v) is 10.9. The number of amides is 2. The molecule has 3 heterocycles. The molecule has 9 nitrogen and oxygen atoms in total. The molecule has 14 heteroatoms. The molecule has 0 bridgehead atoms. The number of hydrogen-bond donors (Lipinski definition) is 2. The quantitative estimate of drug-likeness (QED) is 0.331. The summed E-state index contributed by atoms with van der Waals surface area (Å²) in [6.45, 7) is 0. The molecule has 2 aliphatic rings. The standard InChI is InChI=1S/C28H28F5N7O2/c29-27(30)7-3-17(4-8-27)25(39-26(42)20-14-35-10-6-18(20)12-34)21-15-40-22(37-21)11-19(13-36-40)24(16-1-2-16)38-23(41)5-9-28(31,32)33/h6,10-11,13-17,24-25H,1-5,7-9H2,(H,38,41)(H,39,42)/t24-,25+/m1/s1. The highest BCUT2D eigenvalue weighted by Crippen LogP contribution is 2.43. The molecule has 5 rings (SSSR count). The van der Waals surface area contributed by atoms with Crippen LogP contribution >= 0.6 is 0 Å². The van der Waals surface area contributed by atoms with E-state index in [1.807, 2.05) is 6.07 Å². The molecule has 0 spiro atoms. The van der Waals surface area contributed by atoms with E-state index in [-0.39, 0.29) is 48.6 Å². The van der Waals surface area contributed by atoms with E-state index < -0.39 is 48.8 Å². The third-order valence-electron chi connectivity index (χ3n) is 7.79. The first-order valence-electron chi connectivity index (χ1n) is 13.7. The largest absolute Gasteiger partial charge is 0.389 e. The lowest BCUT2D eigenvalue weighted by Crippen LogP contribution is -2.37. The van der Waals surface area contributed by atoms with Crippen LogP contribution in [0.1, 0.15) is 90.6 Å². The Morgan fingerprint density at radius 3 is 2.48 bits per heavy atom. The summed E-state index contributed by atoms with van der Waals surface area (Å²) >= 11 is 0. The van der Waals surface area contributed by atoms with E-state index in [1.165, 1.54) is 29.2 Å². The number of hydrogen-bond acceptors (Lipinski definition) is 6. The molecule has 42 heavy (non-hydrogen) atoms. The number of carbonyl (C=O) groups is 2. The Morgan fingerprint density at radius 2 is 1.81 bits per heavy atom. The van der Waals surface area contributed by atoms with Crippen molar-refractivity contribution < 1.29 is 31.5 Å². The van der Waals surface area contributed by atoms with Gasteiger partial charge in [-0.2, -0.15) is 23.5 Å². The fraction of sp³-hybridized carbons (Fsp3) is 0.500. The van der Waals surface area contributed by atoms with Crippen LogP contribution in [0.5, 0.6) is 0 Å². The number of fused-ring (bicyclic) bond motifs is 1. The molecule has 2 atom stereocenters. The van der Waals surface area contributed by atoms with Gasteiger partial charge >= 0.3 is 6.18 Å². The number of alkyl halides is 5. The summed E-state index contributed by atoms with van der Waals surface area (Å²) in [5.74, 6) is -4.41. The SMILES string of the molecule is N#Cc1ccncc1C(=O)N[C@H](c1cn2ncc([C@H](NC(=O)CCC(F)(F)F)C3CC3)cc2n1)C1CCC(F)(F)CC1. The highest BCUT2D eigenvalue weighted by molar-refractivity contribution is 5.96. The van der Waals surface area contributed by atoms with E-state index in [9.17, 15) is 36.8 Å². The fourth-order valence-electron chi connectivity index (χ4n) is 5.35. The minimum absolute atomic E-state index is 0.0452. The number of imidazole rings is 1. The van der Waals surface area contributed by atoms with E-state index in [0.29, 0.717) is 16.9 Å². The zero-order valence-corrected chi connectivity index (χ0v) is 22.4. The molecule has 0 unspecified atom stereocenters. The van der Waals surface area contributed by atoms with E-state index in [4.69, 9.17) is 0 Å². The molecule has 0 aliphatic heterocycles. The van der Waals surface area contributed by atoms with Crippen LogP contribution < -0.4 is 10.6 Å². The zero-order valence-electron chi connectivity index (χ0n) is 22.4. The van der Waals surface area contributed by atoms with Crippen LogP contribution in [0, 0.1) is 23.2 Å². The summed E-state index contributed by atoms with van der Waals surface area (Å²) in [5.41, 5.74) is 1.47. The lowest BCUT2D eigenvalue weighted by atomic mass is 9.81. The van der Waals surface area contributed by atoms with Gasteiger partial charge in [0.05, 0.1) is 47.7 Å². The summed E-state index contributed by atoms with van der Waals surface area (Å²) in [4.78, 5) is 34.1. The molecule has 2 amide bonds. The number of nitrogens with zero attached hydrogens (tertiary/aromatic N) is 5. The number of pyridine rings is 1. The maximum Gasteiger partial charge on any atom is 0.389 e. The van der Waals surface area contributed by atoms with Crippen LogP contribution in [0.2, 0.25) is 0 Å². The van der Waals surface area contributed by atoms with E-state index >= 15 is 0 Å². The van der Waals surface area contributed by atoms with Gasteiger partial charge in [0.1, 0.15) is 6.07 Å². The second kappa shape index (κ2) is 11.6. The maximum absolute atomic E-state index is 14.0. The van der Waals surface area contributed by atoms with Crippen molar-refractivity contribution in [2.75, 3.05) is 0 Å². The third-order valence-corrected chi connectivity index (χ3v) is 7.79. The van der Waals surface area contributed by atoms with Crippen molar-refractivity contribution in [1.29, 1.82) is 5.26 Å². The Kier molecular flexibility index (Phi) is 8.12. The number of carbonyl (C=O) groups excluding carboxylic acids is 2. The smallest absolute Gasteiger partial charge is 0.349 e. The predicted octanol–water partition coefficient (Wildman–Crippen LogP) is 5.20. The highest BCUT2D eigenvalue weighted by atomic mass is 19.4. The molecule has 0 aromatic carbocycles. The van der Waals surface area contributed by atoms with Crippen molar-refractivity contribution in [2.24, 2.45) is 11.8 Å². The first kappa shape index (κ1) is 29.3. The minimum atomic E-state index is -4.44. The molecule has 2 aliphatic carbocycles. The Bertz CT molecular complexity index is 1500.